The Balaban J connectivity index is 1.94. The molecular formula is C23H25ClN2O. The molecule has 0 unspecified atom stereocenters. The van der Waals surface area contributed by atoms with Crippen LogP contribution in [0.5, 0.6) is 0 Å². The van der Waals surface area contributed by atoms with Gasteiger partial charge in [-0.3, -0.25) is 4.98 Å². The van der Waals surface area contributed by atoms with Gasteiger partial charge in [-0.2, -0.15) is 0 Å². The number of nitrogens with one attached hydrogen (secondary N) is 1. The van der Waals surface area contributed by atoms with Crippen molar-refractivity contribution >= 4 is 17.3 Å². The molecule has 1 heterocycles. The Morgan fingerprint density at radius 2 is 2.04 bits per heavy atom. The smallest absolute Gasteiger partial charge is 0.0726 e. The number of pyridine rings is 1. The minimum Gasteiger partial charge on any atom is -0.396 e. The molecule has 140 valence electrons. The zero-order chi connectivity index (χ0) is 19.2. The molecule has 0 saturated heterocycles. The Morgan fingerprint density at radius 1 is 1.26 bits per heavy atom. The van der Waals surface area contributed by atoms with Gasteiger partial charge in [0.15, 0.2) is 0 Å². The molecule has 0 bridgehead atoms. The fraction of sp³-hybridized carbons (Fsp3) is 0.261. The van der Waals surface area contributed by atoms with Gasteiger partial charge < -0.3 is 10.4 Å². The first kappa shape index (κ1) is 19.4. The second-order valence-corrected chi connectivity index (χ2v) is 7.21. The molecule has 1 aromatic heterocycles. The van der Waals surface area contributed by atoms with Crippen LogP contribution in [0.15, 0.2) is 66.4 Å². The van der Waals surface area contributed by atoms with E-state index in [0.29, 0.717) is 6.42 Å². The van der Waals surface area contributed by atoms with Crippen molar-refractivity contribution in [1.82, 2.24) is 4.98 Å². The lowest BCUT2D eigenvalue weighted by Crippen LogP contribution is -2.03. The Morgan fingerprint density at radius 3 is 2.74 bits per heavy atom. The summed E-state index contributed by atoms with van der Waals surface area (Å²) in [5.74, 6) is 0. The number of hydrogen-bond donors (Lipinski definition) is 2. The molecule has 2 N–H and O–H groups in total. The number of rotatable bonds is 7. The second kappa shape index (κ2) is 9.03. The summed E-state index contributed by atoms with van der Waals surface area (Å²) in [6.07, 6.45) is 9.68. The Bertz CT molecular complexity index is 882. The number of aliphatic hydroxyl groups is 1. The van der Waals surface area contributed by atoms with E-state index in [1.54, 1.807) is 0 Å². The van der Waals surface area contributed by atoms with Crippen molar-refractivity contribution in [2.45, 2.75) is 32.6 Å². The molecule has 0 aliphatic heterocycles. The van der Waals surface area contributed by atoms with Gasteiger partial charge in [0.25, 0.3) is 0 Å². The van der Waals surface area contributed by atoms with Crippen LogP contribution in [0, 0.1) is 0 Å². The number of halogens is 1. The van der Waals surface area contributed by atoms with E-state index in [1.807, 2.05) is 49.4 Å². The van der Waals surface area contributed by atoms with Gasteiger partial charge in [-0.25, -0.2) is 0 Å². The first-order valence-electron chi connectivity index (χ1n) is 9.27. The lowest BCUT2D eigenvalue weighted by atomic mass is 10.1. The number of benzene rings is 1. The summed E-state index contributed by atoms with van der Waals surface area (Å²) in [5.41, 5.74) is 7.60. The molecular weight excluding hydrogens is 356 g/mol. The van der Waals surface area contributed by atoms with Gasteiger partial charge in [0.2, 0.25) is 0 Å². The van der Waals surface area contributed by atoms with Crippen LogP contribution in [-0.2, 0) is 12.8 Å². The fourth-order valence-electron chi connectivity index (χ4n) is 3.23. The quantitative estimate of drug-likeness (QED) is 0.605. The molecule has 0 fully saturated rings. The molecule has 0 radical (unpaired) electrons. The minimum atomic E-state index is 0.162. The number of allylic oxidation sites excluding steroid dienone is 3. The average Bonchev–Trinajstić information content (AvgIpc) is 3.14. The molecule has 1 aromatic carbocycles. The zero-order valence-electron chi connectivity index (χ0n) is 15.6. The molecule has 4 heteroatoms. The third-order valence-corrected chi connectivity index (χ3v) is 4.99. The van der Waals surface area contributed by atoms with E-state index in [4.69, 9.17) is 21.7 Å². The maximum absolute atomic E-state index is 9.04. The number of aryl methyl sites for hydroxylation is 1. The van der Waals surface area contributed by atoms with Crippen LogP contribution in [0.1, 0.15) is 31.0 Å². The van der Waals surface area contributed by atoms with Crippen molar-refractivity contribution in [1.29, 1.82) is 0 Å². The summed E-state index contributed by atoms with van der Waals surface area (Å²) in [4.78, 5) is 4.88. The van der Waals surface area contributed by atoms with E-state index < -0.39 is 0 Å². The van der Waals surface area contributed by atoms with Gasteiger partial charge in [0.05, 0.1) is 5.69 Å². The van der Waals surface area contributed by atoms with Crippen LogP contribution in [0.2, 0.25) is 5.02 Å². The lowest BCUT2D eigenvalue weighted by Gasteiger charge is -2.14. The highest BCUT2D eigenvalue weighted by Gasteiger charge is 2.18. The molecule has 3 rings (SSSR count). The predicted octanol–water partition coefficient (Wildman–Crippen LogP) is 5.70. The van der Waals surface area contributed by atoms with Crippen molar-refractivity contribution in [3.63, 3.8) is 0 Å². The van der Waals surface area contributed by atoms with Crippen LogP contribution in [0.25, 0.3) is 11.3 Å². The highest BCUT2D eigenvalue weighted by Crippen LogP contribution is 2.33. The SMILES string of the molecule is C=C/C(=C\C=C(/C)CCO)Nc1cc(-c2ccc(Cl)cc2)nc2c1CCC2. The van der Waals surface area contributed by atoms with Crippen molar-refractivity contribution < 1.29 is 5.11 Å². The number of fused-ring (bicyclic) bond motifs is 1. The molecule has 0 saturated carbocycles. The van der Waals surface area contributed by atoms with Crippen LogP contribution >= 0.6 is 11.6 Å². The molecule has 0 atom stereocenters. The molecule has 1 aliphatic rings. The van der Waals surface area contributed by atoms with Gasteiger partial charge in [-0.1, -0.05) is 42.0 Å². The van der Waals surface area contributed by atoms with Gasteiger partial charge in [-0.15, -0.1) is 0 Å². The summed E-state index contributed by atoms with van der Waals surface area (Å²) in [6, 6.07) is 9.89. The Hall–Kier alpha value is -2.36. The van der Waals surface area contributed by atoms with E-state index in [9.17, 15) is 0 Å². The van der Waals surface area contributed by atoms with Crippen molar-refractivity contribution in [2.24, 2.45) is 0 Å². The Kier molecular flexibility index (Phi) is 6.49. The molecule has 0 spiro atoms. The molecule has 2 aromatic rings. The number of hydrogen-bond acceptors (Lipinski definition) is 3. The molecule has 1 aliphatic carbocycles. The summed E-state index contributed by atoms with van der Waals surface area (Å²) in [6.45, 7) is 6.10. The van der Waals surface area contributed by atoms with Crippen molar-refractivity contribution in [2.75, 3.05) is 11.9 Å². The number of aromatic nitrogens is 1. The maximum Gasteiger partial charge on any atom is 0.0726 e. The van der Waals surface area contributed by atoms with Crippen LogP contribution in [0.3, 0.4) is 0 Å². The van der Waals surface area contributed by atoms with E-state index in [-0.39, 0.29) is 6.61 Å². The van der Waals surface area contributed by atoms with E-state index in [1.165, 1.54) is 11.3 Å². The van der Waals surface area contributed by atoms with Gasteiger partial charge in [0.1, 0.15) is 0 Å². The predicted molar refractivity (Wildman–Crippen MR) is 114 cm³/mol. The average molecular weight is 381 g/mol. The van der Waals surface area contributed by atoms with E-state index >= 15 is 0 Å². The van der Waals surface area contributed by atoms with E-state index in [2.05, 4.69) is 18.0 Å². The lowest BCUT2D eigenvalue weighted by molar-refractivity contribution is 0.299. The normalized spacial score (nSPS) is 14.2. The second-order valence-electron chi connectivity index (χ2n) is 6.78. The zero-order valence-corrected chi connectivity index (χ0v) is 16.4. The van der Waals surface area contributed by atoms with Gasteiger partial charge in [0, 0.05) is 34.3 Å². The minimum absolute atomic E-state index is 0.162. The first-order valence-corrected chi connectivity index (χ1v) is 9.65. The maximum atomic E-state index is 9.04. The molecule has 0 amide bonds. The standard InChI is InChI=1S/C23H25ClN2O/c1-3-19(12-7-16(2)13-14-27)25-23-15-22(17-8-10-18(24)11-9-17)26-21-6-4-5-20(21)23/h3,7-12,15,27H,1,4-6,13-14H2,2H3,(H,25,26)/b16-7+,19-12+. The summed E-state index contributed by atoms with van der Waals surface area (Å²) >= 11 is 6.02. The number of aliphatic hydroxyl groups excluding tert-OH is 1. The summed E-state index contributed by atoms with van der Waals surface area (Å²) in [7, 11) is 0. The monoisotopic (exact) mass is 380 g/mol. The van der Waals surface area contributed by atoms with Crippen LogP contribution < -0.4 is 5.32 Å². The Labute approximate surface area is 166 Å². The number of anilines is 1. The third-order valence-electron chi connectivity index (χ3n) is 4.74. The molecule has 27 heavy (non-hydrogen) atoms. The van der Waals surface area contributed by atoms with Crippen LogP contribution in [-0.4, -0.2) is 16.7 Å². The van der Waals surface area contributed by atoms with E-state index in [0.717, 1.165) is 52.5 Å². The topological polar surface area (TPSA) is 45.1 Å². The largest absolute Gasteiger partial charge is 0.396 e. The summed E-state index contributed by atoms with van der Waals surface area (Å²) < 4.78 is 0. The summed E-state index contributed by atoms with van der Waals surface area (Å²) in [5, 5.41) is 13.3. The van der Waals surface area contributed by atoms with Crippen LogP contribution in [0.4, 0.5) is 5.69 Å². The van der Waals surface area contributed by atoms with Gasteiger partial charge in [-0.05, 0) is 68.5 Å². The third kappa shape index (κ3) is 4.88. The van der Waals surface area contributed by atoms with Gasteiger partial charge >= 0.3 is 0 Å². The highest BCUT2D eigenvalue weighted by atomic mass is 35.5. The number of nitrogens with zero attached hydrogens (tertiary/aromatic N) is 1. The fourth-order valence-corrected chi connectivity index (χ4v) is 3.36. The first-order chi connectivity index (χ1) is 13.1. The van der Waals surface area contributed by atoms with Crippen molar-refractivity contribution in [3.8, 4) is 11.3 Å². The highest BCUT2D eigenvalue weighted by molar-refractivity contribution is 6.30. The molecule has 3 nitrogen and oxygen atoms in total. The van der Waals surface area contributed by atoms with Crippen molar-refractivity contribution in [3.05, 3.63) is 82.7 Å².